The Labute approximate surface area is 95.8 Å². The molecule has 0 saturated heterocycles. The van der Waals surface area contributed by atoms with Gasteiger partial charge in [-0.2, -0.15) is 0 Å². The van der Waals surface area contributed by atoms with Crippen molar-refractivity contribution in [1.29, 1.82) is 0 Å². The topological polar surface area (TPSA) is 21.3 Å². The van der Waals surface area contributed by atoms with Crippen LogP contribution in [0.4, 0.5) is 4.39 Å². The highest BCUT2D eigenvalue weighted by molar-refractivity contribution is 5.23. The van der Waals surface area contributed by atoms with Crippen molar-refractivity contribution in [3.05, 3.63) is 35.6 Å². The van der Waals surface area contributed by atoms with Crippen molar-refractivity contribution >= 4 is 0 Å². The molecule has 88 valence electrons. The molecule has 0 aromatic heterocycles. The normalized spacial score (nSPS) is 19.4. The van der Waals surface area contributed by atoms with Crippen molar-refractivity contribution < 1.29 is 9.13 Å². The van der Waals surface area contributed by atoms with E-state index in [0.717, 1.165) is 0 Å². The molecular formula is C13H18FNO. The van der Waals surface area contributed by atoms with Crippen molar-refractivity contribution in [2.75, 3.05) is 14.2 Å². The summed E-state index contributed by atoms with van der Waals surface area (Å²) in [5.74, 6) is 0.409. The number of halogens is 1. The summed E-state index contributed by atoms with van der Waals surface area (Å²) in [6, 6.07) is 6.84. The summed E-state index contributed by atoms with van der Waals surface area (Å²) in [7, 11) is 3.56. The molecule has 16 heavy (non-hydrogen) atoms. The maximum Gasteiger partial charge on any atom is 0.128 e. The Kier molecular flexibility index (Phi) is 3.56. The van der Waals surface area contributed by atoms with Gasteiger partial charge in [0.15, 0.2) is 0 Å². The van der Waals surface area contributed by atoms with Crippen LogP contribution in [0.1, 0.15) is 24.4 Å². The van der Waals surface area contributed by atoms with Gasteiger partial charge in [-0.05, 0) is 31.9 Å². The van der Waals surface area contributed by atoms with Crippen molar-refractivity contribution in [1.82, 2.24) is 5.32 Å². The Balaban J connectivity index is 2.23. The molecule has 1 aromatic rings. The predicted molar refractivity (Wildman–Crippen MR) is 61.7 cm³/mol. The first-order valence-electron chi connectivity index (χ1n) is 5.72. The minimum atomic E-state index is -0.162. The molecule has 2 atom stereocenters. The SMILES string of the molecule is CNC(c1ccccc1F)C(OC)C1CC1. The van der Waals surface area contributed by atoms with Crippen LogP contribution in [-0.4, -0.2) is 20.3 Å². The van der Waals surface area contributed by atoms with Crippen molar-refractivity contribution in [2.45, 2.75) is 25.0 Å². The van der Waals surface area contributed by atoms with Crippen LogP contribution in [-0.2, 0) is 4.74 Å². The highest BCUT2D eigenvalue weighted by Gasteiger charge is 2.37. The van der Waals surface area contributed by atoms with Gasteiger partial charge in [-0.25, -0.2) is 4.39 Å². The second-order valence-corrected chi connectivity index (χ2v) is 4.33. The molecule has 0 bridgehead atoms. The van der Waals surface area contributed by atoms with Gasteiger partial charge < -0.3 is 10.1 Å². The van der Waals surface area contributed by atoms with Crippen LogP contribution in [0.25, 0.3) is 0 Å². The highest BCUT2D eigenvalue weighted by atomic mass is 19.1. The largest absolute Gasteiger partial charge is 0.379 e. The molecule has 2 nitrogen and oxygen atoms in total. The maximum atomic E-state index is 13.7. The van der Waals surface area contributed by atoms with Gasteiger partial charge in [-0.1, -0.05) is 18.2 Å². The summed E-state index contributed by atoms with van der Waals surface area (Å²) >= 11 is 0. The maximum absolute atomic E-state index is 13.7. The molecule has 1 N–H and O–H groups in total. The number of hydrogen-bond acceptors (Lipinski definition) is 2. The average Bonchev–Trinajstić information content (AvgIpc) is 3.11. The Morgan fingerprint density at radius 1 is 1.38 bits per heavy atom. The first-order chi connectivity index (χ1) is 7.77. The fourth-order valence-corrected chi connectivity index (χ4v) is 2.25. The van der Waals surface area contributed by atoms with E-state index in [-0.39, 0.29) is 18.0 Å². The van der Waals surface area contributed by atoms with E-state index in [1.807, 2.05) is 19.2 Å². The average molecular weight is 223 g/mol. The van der Waals surface area contributed by atoms with Crippen LogP contribution in [0.3, 0.4) is 0 Å². The van der Waals surface area contributed by atoms with Crippen LogP contribution >= 0.6 is 0 Å². The zero-order valence-electron chi connectivity index (χ0n) is 9.74. The quantitative estimate of drug-likeness (QED) is 0.828. The number of rotatable bonds is 5. The summed E-state index contributed by atoms with van der Waals surface area (Å²) in [4.78, 5) is 0. The third kappa shape index (κ3) is 2.25. The fourth-order valence-electron chi connectivity index (χ4n) is 2.25. The van der Waals surface area contributed by atoms with Gasteiger partial charge in [0.1, 0.15) is 5.82 Å². The number of likely N-dealkylation sites (N-methyl/N-ethyl adjacent to an activating group) is 1. The van der Waals surface area contributed by atoms with Crippen LogP contribution < -0.4 is 5.32 Å². The first kappa shape index (κ1) is 11.6. The lowest BCUT2D eigenvalue weighted by Crippen LogP contribution is -2.33. The van der Waals surface area contributed by atoms with Gasteiger partial charge >= 0.3 is 0 Å². The third-order valence-electron chi connectivity index (χ3n) is 3.24. The van der Waals surface area contributed by atoms with E-state index < -0.39 is 0 Å². The summed E-state index contributed by atoms with van der Waals surface area (Å²) < 4.78 is 19.2. The summed E-state index contributed by atoms with van der Waals surface area (Å²) in [5.41, 5.74) is 0.698. The van der Waals surface area contributed by atoms with Crippen molar-refractivity contribution in [3.63, 3.8) is 0 Å². The van der Waals surface area contributed by atoms with E-state index in [1.165, 1.54) is 18.9 Å². The van der Waals surface area contributed by atoms with E-state index in [4.69, 9.17) is 4.74 Å². The molecule has 1 aromatic carbocycles. The lowest BCUT2D eigenvalue weighted by Gasteiger charge is -2.26. The molecule has 0 spiro atoms. The van der Waals surface area contributed by atoms with E-state index in [1.54, 1.807) is 13.2 Å². The minimum absolute atomic E-state index is 0.0568. The van der Waals surface area contributed by atoms with E-state index in [0.29, 0.717) is 11.5 Å². The number of hydrogen-bond donors (Lipinski definition) is 1. The number of benzene rings is 1. The fraction of sp³-hybridized carbons (Fsp3) is 0.538. The number of nitrogens with one attached hydrogen (secondary N) is 1. The standard InChI is InChI=1S/C13H18FNO/c1-15-12(13(16-2)9-7-8-9)10-5-3-4-6-11(10)14/h3-6,9,12-13,15H,7-8H2,1-2H3. The lowest BCUT2D eigenvalue weighted by molar-refractivity contribution is 0.0520. The van der Waals surface area contributed by atoms with E-state index >= 15 is 0 Å². The molecule has 1 aliphatic rings. The first-order valence-corrected chi connectivity index (χ1v) is 5.72. The third-order valence-corrected chi connectivity index (χ3v) is 3.24. The van der Waals surface area contributed by atoms with Crippen LogP contribution in [0, 0.1) is 11.7 Å². The van der Waals surface area contributed by atoms with Crippen LogP contribution in [0.5, 0.6) is 0 Å². The summed E-state index contributed by atoms with van der Waals surface area (Å²) in [5, 5.41) is 3.17. The zero-order valence-corrected chi connectivity index (χ0v) is 9.74. The van der Waals surface area contributed by atoms with Crippen molar-refractivity contribution in [3.8, 4) is 0 Å². The summed E-state index contributed by atoms with van der Waals surface area (Å²) in [6.07, 6.45) is 2.44. The molecule has 1 aliphatic carbocycles. The van der Waals surface area contributed by atoms with Gasteiger partial charge in [0.25, 0.3) is 0 Å². The molecule has 0 amide bonds. The lowest BCUT2D eigenvalue weighted by atomic mass is 9.97. The second-order valence-electron chi connectivity index (χ2n) is 4.33. The Morgan fingerprint density at radius 3 is 2.56 bits per heavy atom. The zero-order chi connectivity index (χ0) is 11.5. The molecule has 0 heterocycles. The number of methoxy groups -OCH3 is 1. The molecular weight excluding hydrogens is 205 g/mol. The molecule has 3 heteroatoms. The second kappa shape index (κ2) is 4.93. The van der Waals surface area contributed by atoms with E-state index in [9.17, 15) is 4.39 Å². The molecule has 0 aliphatic heterocycles. The Hall–Kier alpha value is -0.930. The molecule has 0 radical (unpaired) electrons. The van der Waals surface area contributed by atoms with Gasteiger partial charge in [0, 0.05) is 12.7 Å². The molecule has 1 fully saturated rings. The van der Waals surface area contributed by atoms with Crippen LogP contribution in [0.2, 0.25) is 0 Å². The van der Waals surface area contributed by atoms with Crippen LogP contribution in [0.15, 0.2) is 24.3 Å². The van der Waals surface area contributed by atoms with Gasteiger partial charge in [-0.3, -0.25) is 0 Å². The molecule has 2 rings (SSSR count). The Bertz CT molecular complexity index is 352. The van der Waals surface area contributed by atoms with Gasteiger partial charge in [0.2, 0.25) is 0 Å². The van der Waals surface area contributed by atoms with Crippen molar-refractivity contribution in [2.24, 2.45) is 5.92 Å². The molecule has 1 saturated carbocycles. The smallest absolute Gasteiger partial charge is 0.128 e. The highest BCUT2D eigenvalue weighted by Crippen LogP contribution is 2.40. The predicted octanol–water partition coefficient (Wildman–Crippen LogP) is 2.51. The monoisotopic (exact) mass is 223 g/mol. The summed E-state index contributed by atoms with van der Waals surface area (Å²) in [6.45, 7) is 0. The van der Waals surface area contributed by atoms with Gasteiger partial charge in [0.05, 0.1) is 12.1 Å². The minimum Gasteiger partial charge on any atom is -0.379 e. The van der Waals surface area contributed by atoms with Gasteiger partial charge in [-0.15, -0.1) is 0 Å². The molecule has 2 unspecified atom stereocenters. The number of ether oxygens (including phenoxy) is 1. The van der Waals surface area contributed by atoms with E-state index in [2.05, 4.69) is 5.32 Å². The Morgan fingerprint density at radius 2 is 2.06 bits per heavy atom.